The zero-order valence-electron chi connectivity index (χ0n) is 17.9. The lowest BCUT2D eigenvalue weighted by Gasteiger charge is -2.27. The standard InChI is InChI=1S/C24H20N4O4S2/c25-22(29)21-17-8-9-27(12-14-4-2-1-3-5-14)13-20(17)34-24(21)26-23(30)19-11-15-10-16(28(31)32)6-7-18(15)33-19/h1-7,10-11H,8-9,12-13H2,(H2,25,29)(H,26,30). The molecular weight excluding hydrogens is 472 g/mol. The van der Waals surface area contributed by atoms with Crippen LogP contribution in [0, 0.1) is 10.1 Å². The predicted molar refractivity (Wildman–Crippen MR) is 134 cm³/mol. The Morgan fingerprint density at radius 1 is 1.12 bits per heavy atom. The van der Waals surface area contributed by atoms with Crippen molar-refractivity contribution in [2.24, 2.45) is 5.73 Å². The lowest BCUT2D eigenvalue weighted by molar-refractivity contribution is -0.384. The summed E-state index contributed by atoms with van der Waals surface area (Å²) in [5.41, 5.74) is 8.18. The molecule has 5 rings (SSSR count). The molecule has 34 heavy (non-hydrogen) atoms. The van der Waals surface area contributed by atoms with Crippen molar-refractivity contribution in [3.63, 3.8) is 0 Å². The van der Waals surface area contributed by atoms with Crippen LogP contribution in [0.15, 0.2) is 54.6 Å². The van der Waals surface area contributed by atoms with E-state index in [1.807, 2.05) is 18.2 Å². The predicted octanol–water partition coefficient (Wildman–Crippen LogP) is 4.78. The molecule has 0 saturated carbocycles. The second kappa shape index (κ2) is 8.98. The van der Waals surface area contributed by atoms with E-state index in [9.17, 15) is 19.7 Å². The number of hydrogen-bond acceptors (Lipinski definition) is 7. The van der Waals surface area contributed by atoms with Crippen molar-refractivity contribution in [3.05, 3.63) is 91.2 Å². The normalized spacial score (nSPS) is 13.5. The molecule has 0 unspecified atom stereocenters. The minimum atomic E-state index is -0.559. The molecular formula is C24H20N4O4S2. The van der Waals surface area contributed by atoms with Crippen molar-refractivity contribution in [3.8, 4) is 0 Å². The molecule has 0 atom stereocenters. The molecule has 3 N–H and O–H groups in total. The third kappa shape index (κ3) is 4.30. The quantitative estimate of drug-likeness (QED) is 0.297. The first-order valence-electron chi connectivity index (χ1n) is 10.6. The smallest absolute Gasteiger partial charge is 0.270 e. The molecule has 0 bridgehead atoms. The maximum atomic E-state index is 13.0. The van der Waals surface area contributed by atoms with Crippen molar-refractivity contribution in [1.29, 1.82) is 0 Å². The molecule has 8 nitrogen and oxygen atoms in total. The van der Waals surface area contributed by atoms with Crippen molar-refractivity contribution < 1.29 is 14.5 Å². The topological polar surface area (TPSA) is 119 Å². The molecule has 0 spiro atoms. The van der Waals surface area contributed by atoms with Crippen LogP contribution in [0.1, 0.15) is 36.0 Å². The molecule has 2 aromatic heterocycles. The highest BCUT2D eigenvalue weighted by molar-refractivity contribution is 7.21. The monoisotopic (exact) mass is 492 g/mol. The van der Waals surface area contributed by atoms with Crippen LogP contribution in [-0.4, -0.2) is 28.2 Å². The molecule has 2 amide bonds. The number of thiophene rings is 2. The average Bonchev–Trinajstić information content (AvgIpc) is 3.40. The van der Waals surface area contributed by atoms with Gasteiger partial charge in [-0.3, -0.25) is 24.6 Å². The maximum Gasteiger partial charge on any atom is 0.270 e. The number of nitrogens with two attached hydrogens (primary N) is 1. The summed E-state index contributed by atoms with van der Waals surface area (Å²) in [6.45, 7) is 2.28. The first-order chi connectivity index (χ1) is 16.4. The third-order valence-electron chi connectivity index (χ3n) is 5.79. The number of nitrogens with one attached hydrogen (secondary N) is 1. The summed E-state index contributed by atoms with van der Waals surface area (Å²) in [5.74, 6) is -0.928. The summed E-state index contributed by atoms with van der Waals surface area (Å²) in [7, 11) is 0. The Morgan fingerprint density at radius 3 is 2.65 bits per heavy atom. The van der Waals surface area contributed by atoms with E-state index < -0.39 is 10.8 Å². The van der Waals surface area contributed by atoms with Crippen LogP contribution in [-0.2, 0) is 19.5 Å². The number of amides is 2. The number of carbonyl (C=O) groups is 2. The van der Waals surface area contributed by atoms with Crippen LogP contribution in [0.2, 0.25) is 0 Å². The van der Waals surface area contributed by atoms with Gasteiger partial charge in [-0.2, -0.15) is 0 Å². The fourth-order valence-corrected chi connectivity index (χ4v) is 6.43. The summed E-state index contributed by atoms with van der Waals surface area (Å²) in [4.78, 5) is 39.6. The van der Waals surface area contributed by atoms with E-state index in [-0.39, 0.29) is 11.6 Å². The van der Waals surface area contributed by atoms with E-state index >= 15 is 0 Å². The number of fused-ring (bicyclic) bond motifs is 2. The molecule has 172 valence electrons. The highest BCUT2D eigenvalue weighted by Crippen LogP contribution is 2.38. The summed E-state index contributed by atoms with van der Waals surface area (Å²) in [5, 5.41) is 15.0. The van der Waals surface area contributed by atoms with Crippen molar-refractivity contribution >= 4 is 55.3 Å². The van der Waals surface area contributed by atoms with Crippen LogP contribution in [0.4, 0.5) is 10.7 Å². The van der Waals surface area contributed by atoms with Crippen molar-refractivity contribution in [2.45, 2.75) is 19.5 Å². The first kappa shape index (κ1) is 22.2. The van der Waals surface area contributed by atoms with Gasteiger partial charge in [-0.1, -0.05) is 30.3 Å². The lowest BCUT2D eigenvalue weighted by atomic mass is 10.0. The number of non-ortho nitro benzene ring substituents is 1. The molecule has 1 aliphatic rings. The van der Waals surface area contributed by atoms with Crippen LogP contribution in [0.25, 0.3) is 10.1 Å². The molecule has 0 saturated heterocycles. The number of rotatable bonds is 6. The van der Waals surface area contributed by atoms with Gasteiger partial charge < -0.3 is 11.1 Å². The number of anilines is 1. The van der Waals surface area contributed by atoms with Gasteiger partial charge in [0, 0.05) is 46.7 Å². The Morgan fingerprint density at radius 2 is 1.91 bits per heavy atom. The number of nitrogens with zero attached hydrogens (tertiary/aromatic N) is 2. The van der Waals surface area contributed by atoms with Crippen LogP contribution >= 0.6 is 22.7 Å². The van der Waals surface area contributed by atoms with Gasteiger partial charge in [0.05, 0.1) is 15.4 Å². The van der Waals surface area contributed by atoms with E-state index in [0.717, 1.165) is 28.2 Å². The van der Waals surface area contributed by atoms with Gasteiger partial charge in [0.2, 0.25) is 0 Å². The van der Waals surface area contributed by atoms with Gasteiger partial charge in [-0.05, 0) is 29.7 Å². The number of primary amides is 1. The number of carbonyl (C=O) groups excluding carboxylic acids is 2. The minimum Gasteiger partial charge on any atom is -0.365 e. The SMILES string of the molecule is NC(=O)c1c(NC(=O)c2cc3cc([N+](=O)[O-])ccc3s2)sc2c1CCN(Cc1ccccc1)C2. The summed E-state index contributed by atoms with van der Waals surface area (Å²) in [6, 6.07) is 16.3. The summed E-state index contributed by atoms with van der Waals surface area (Å²) in [6.07, 6.45) is 0.680. The zero-order chi connectivity index (χ0) is 23.8. The Bertz CT molecular complexity index is 1430. The van der Waals surface area contributed by atoms with E-state index in [1.54, 1.807) is 12.1 Å². The Balaban J connectivity index is 1.39. The van der Waals surface area contributed by atoms with Gasteiger partial charge in [0.25, 0.3) is 17.5 Å². The second-order valence-corrected chi connectivity index (χ2v) is 10.3. The van der Waals surface area contributed by atoms with Gasteiger partial charge in [-0.15, -0.1) is 22.7 Å². The number of hydrogen-bond donors (Lipinski definition) is 2. The molecule has 0 radical (unpaired) electrons. The first-order valence-corrected chi connectivity index (χ1v) is 12.2. The largest absolute Gasteiger partial charge is 0.365 e. The Kier molecular flexibility index (Phi) is 5.86. The molecule has 0 fully saturated rings. The third-order valence-corrected chi connectivity index (χ3v) is 8.04. The fraction of sp³-hybridized carbons (Fsp3) is 0.167. The second-order valence-electron chi connectivity index (χ2n) is 8.06. The minimum absolute atomic E-state index is 0.0285. The Labute approximate surface area is 202 Å². The van der Waals surface area contributed by atoms with E-state index in [0.29, 0.717) is 33.8 Å². The van der Waals surface area contributed by atoms with E-state index in [2.05, 4.69) is 22.3 Å². The number of nitro groups is 1. The van der Waals surface area contributed by atoms with Gasteiger partial charge >= 0.3 is 0 Å². The Hall–Kier alpha value is -3.60. The van der Waals surface area contributed by atoms with Gasteiger partial charge in [0.15, 0.2) is 0 Å². The molecule has 0 aliphatic carbocycles. The van der Waals surface area contributed by atoms with Crippen molar-refractivity contribution in [2.75, 3.05) is 11.9 Å². The van der Waals surface area contributed by atoms with Crippen LogP contribution in [0.5, 0.6) is 0 Å². The summed E-state index contributed by atoms with van der Waals surface area (Å²) >= 11 is 2.62. The molecule has 2 aromatic carbocycles. The molecule has 1 aliphatic heterocycles. The van der Waals surface area contributed by atoms with Crippen molar-refractivity contribution in [1.82, 2.24) is 4.90 Å². The number of benzene rings is 2. The zero-order valence-corrected chi connectivity index (χ0v) is 19.6. The average molecular weight is 493 g/mol. The van der Waals surface area contributed by atoms with Crippen LogP contribution in [0.3, 0.4) is 0 Å². The van der Waals surface area contributed by atoms with Gasteiger partial charge in [-0.25, -0.2) is 0 Å². The number of nitro benzene ring substituents is 1. The molecule has 3 heterocycles. The maximum absolute atomic E-state index is 13.0. The van der Waals surface area contributed by atoms with Gasteiger partial charge in [0.1, 0.15) is 5.00 Å². The van der Waals surface area contributed by atoms with E-state index in [1.165, 1.54) is 40.4 Å². The van der Waals surface area contributed by atoms with Crippen LogP contribution < -0.4 is 11.1 Å². The fourth-order valence-electron chi connectivity index (χ4n) is 4.20. The molecule has 4 aromatic rings. The lowest BCUT2D eigenvalue weighted by Crippen LogP contribution is -2.30. The highest BCUT2D eigenvalue weighted by atomic mass is 32.1. The van der Waals surface area contributed by atoms with E-state index in [4.69, 9.17) is 5.73 Å². The highest BCUT2D eigenvalue weighted by Gasteiger charge is 2.28. The summed E-state index contributed by atoms with van der Waals surface area (Å²) < 4.78 is 0.771. The molecule has 10 heteroatoms.